The first-order chi connectivity index (χ1) is 6.45. The molecule has 0 aliphatic heterocycles. The van der Waals surface area contributed by atoms with Crippen LogP contribution in [-0.4, -0.2) is 0 Å². The van der Waals surface area contributed by atoms with Gasteiger partial charge in [0.25, 0.3) is 0 Å². The van der Waals surface area contributed by atoms with E-state index in [0.717, 1.165) is 11.4 Å². The molecule has 0 atom stereocenters. The Morgan fingerprint density at radius 1 is 0.538 bits per heavy atom. The normalized spacial score (nSPS) is 9.85. The lowest BCUT2D eigenvalue weighted by Gasteiger charge is -1.92. The lowest BCUT2D eigenvalue weighted by molar-refractivity contribution is -0.478. The van der Waals surface area contributed by atoms with Crippen molar-refractivity contribution in [3.8, 4) is 0 Å². The summed E-state index contributed by atoms with van der Waals surface area (Å²) in [6, 6.07) is 20.3. The maximum Gasteiger partial charge on any atom is 0.184 e. The van der Waals surface area contributed by atoms with E-state index in [1.165, 1.54) is 0 Å². The van der Waals surface area contributed by atoms with Gasteiger partial charge in [0, 0.05) is 24.3 Å². The van der Waals surface area contributed by atoms with Crippen LogP contribution < -0.4 is 5.32 Å². The van der Waals surface area contributed by atoms with Crippen molar-refractivity contribution >= 4 is 11.4 Å². The molecule has 2 aromatic carbocycles. The predicted molar refractivity (Wildman–Crippen MR) is 53.2 cm³/mol. The molecule has 1 heteroatoms. The largest absolute Gasteiger partial charge is 0.184 e. The van der Waals surface area contributed by atoms with Gasteiger partial charge in [-0.1, -0.05) is 36.4 Å². The number of anilines is 2. The van der Waals surface area contributed by atoms with Gasteiger partial charge in [-0.25, -0.2) is 0 Å². The van der Waals surface area contributed by atoms with Crippen LogP contribution in [-0.2, 0) is 0 Å². The summed E-state index contributed by atoms with van der Waals surface area (Å²) in [5.74, 6) is 0. The van der Waals surface area contributed by atoms with Crippen LogP contribution in [0.15, 0.2) is 60.7 Å². The first kappa shape index (κ1) is 8.02. The van der Waals surface area contributed by atoms with E-state index in [0.29, 0.717) is 0 Å². The molecule has 0 saturated heterocycles. The van der Waals surface area contributed by atoms with Gasteiger partial charge in [0.05, 0.1) is 0 Å². The molecule has 0 unspecified atom stereocenters. The third kappa shape index (κ3) is 2.17. The fourth-order valence-electron chi connectivity index (χ4n) is 1.21. The smallest absolute Gasteiger partial charge is 0.110 e. The minimum Gasteiger partial charge on any atom is -0.110 e. The molecule has 0 aliphatic rings. The second-order valence-electron chi connectivity index (χ2n) is 2.86. The van der Waals surface area contributed by atoms with E-state index in [-0.39, 0.29) is 0 Å². The van der Waals surface area contributed by atoms with Crippen molar-refractivity contribution in [1.82, 2.24) is 0 Å². The molecule has 0 heterocycles. The summed E-state index contributed by atoms with van der Waals surface area (Å²) in [6.07, 6.45) is 0. The van der Waals surface area contributed by atoms with E-state index < -0.39 is 0 Å². The van der Waals surface area contributed by atoms with Gasteiger partial charge >= 0.3 is 0 Å². The summed E-state index contributed by atoms with van der Waals surface area (Å²) in [5.41, 5.74) is 2.24. The van der Waals surface area contributed by atoms with Crippen molar-refractivity contribution < 1.29 is 5.32 Å². The van der Waals surface area contributed by atoms with Crippen molar-refractivity contribution in [2.75, 3.05) is 0 Å². The lowest BCUT2D eigenvalue weighted by Crippen LogP contribution is -2.70. The molecule has 1 nitrogen and oxygen atoms in total. The van der Waals surface area contributed by atoms with Crippen LogP contribution in [0.4, 0.5) is 11.4 Å². The van der Waals surface area contributed by atoms with Gasteiger partial charge < -0.3 is 0 Å². The van der Waals surface area contributed by atoms with Crippen molar-refractivity contribution in [2.45, 2.75) is 0 Å². The van der Waals surface area contributed by atoms with Crippen molar-refractivity contribution in [1.29, 1.82) is 0 Å². The second kappa shape index (κ2) is 3.87. The third-order valence-corrected chi connectivity index (χ3v) is 1.84. The third-order valence-electron chi connectivity index (χ3n) is 1.84. The molecule has 0 spiro atoms. The van der Waals surface area contributed by atoms with E-state index in [1.807, 2.05) is 60.7 Å². The number of nitrogens with one attached hydrogen (secondary N) is 1. The molecule has 0 aromatic heterocycles. The molecule has 63 valence electrons. The zero-order valence-electron chi connectivity index (χ0n) is 7.27. The highest BCUT2D eigenvalue weighted by Crippen LogP contribution is 2.02. The van der Waals surface area contributed by atoms with Crippen LogP contribution in [0.1, 0.15) is 0 Å². The highest BCUT2D eigenvalue weighted by Gasteiger charge is 2.01. The minimum absolute atomic E-state index is 1.12. The molecule has 0 saturated carbocycles. The number of benzene rings is 2. The maximum atomic E-state index is 3.30. The maximum absolute atomic E-state index is 3.30. The standard InChI is InChI=1S/C12H11N/c1-3-7-11(8-4-1)13-12-9-5-2-6-10-12/h1-10,13H/q+1. The van der Waals surface area contributed by atoms with Gasteiger partial charge in [0.15, 0.2) is 11.4 Å². The molecule has 0 bridgehead atoms. The molecule has 2 rings (SSSR count). The SMILES string of the molecule is c1ccc([NH+]c2ccccc2)cc1. The highest BCUT2D eigenvalue weighted by atomic mass is 14.9. The molecule has 2 aromatic rings. The van der Waals surface area contributed by atoms with Crippen molar-refractivity contribution in [3.05, 3.63) is 60.7 Å². The zero-order valence-corrected chi connectivity index (χ0v) is 7.27. The van der Waals surface area contributed by atoms with Crippen LogP contribution in [0.3, 0.4) is 0 Å². The topological polar surface area (TPSA) is 15.6 Å². The number of hydrogen-bond acceptors (Lipinski definition) is 1. The van der Waals surface area contributed by atoms with Crippen LogP contribution in [0, 0.1) is 0 Å². The van der Waals surface area contributed by atoms with Gasteiger partial charge in [-0.15, -0.1) is 5.32 Å². The Hall–Kier alpha value is -1.60. The molecular formula is C12H11N+. The molecule has 13 heavy (non-hydrogen) atoms. The van der Waals surface area contributed by atoms with E-state index in [1.54, 1.807) is 0 Å². The summed E-state index contributed by atoms with van der Waals surface area (Å²) in [5, 5.41) is 3.30. The van der Waals surface area contributed by atoms with Gasteiger partial charge in [0.1, 0.15) is 0 Å². The molecule has 0 fully saturated rings. The average molecular weight is 169 g/mol. The van der Waals surface area contributed by atoms with Gasteiger partial charge in [0.2, 0.25) is 0 Å². The predicted octanol–water partition coefficient (Wildman–Crippen LogP) is 2.00. The summed E-state index contributed by atoms with van der Waals surface area (Å²) in [7, 11) is 0. The van der Waals surface area contributed by atoms with Crippen LogP contribution in [0.5, 0.6) is 0 Å². The summed E-state index contributed by atoms with van der Waals surface area (Å²) in [6.45, 7) is 0. The van der Waals surface area contributed by atoms with Crippen LogP contribution in [0.25, 0.3) is 0 Å². The monoisotopic (exact) mass is 169 g/mol. The van der Waals surface area contributed by atoms with Gasteiger partial charge in [-0.05, 0) is 0 Å². The summed E-state index contributed by atoms with van der Waals surface area (Å²) in [4.78, 5) is 0. The molecule has 0 aliphatic carbocycles. The lowest BCUT2D eigenvalue weighted by atomic mass is 10.3. The Bertz CT molecular complexity index is 316. The first-order valence-electron chi connectivity index (χ1n) is 4.32. The Labute approximate surface area is 78.0 Å². The van der Waals surface area contributed by atoms with E-state index >= 15 is 0 Å². The summed E-state index contributed by atoms with van der Waals surface area (Å²) >= 11 is 0. The Kier molecular flexibility index (Phi) is 2.39. The average Bonchev–Trinajstić information content (AvgIpc) is 2.21. The van der Waals surface area contributed by atoms with Crippen LogP contribution in [0.2, 0.25) is 0 Å². The van der Waals surface area contributed by atoms with E-state index in [2.05, 4.69) is 5.32 Å². The molecule has 1 N–H and O–H groups in total. The fraction of sp³-hybridized carbons (Fsp3) is 0. The fourth-order valence-corrected chi connectivity index (χ4v) is 1.21. The van der Waals surface area contributed by atoms with E-state index in [9.17, 15) is 0 Å². The van der Waals surface area contributed by atoms with Crippen LogP contribution >= 0.6 is 0 Å². The molecule has 1 radical (unpaired) electrons. The zero-order chi connectivity index (χ0) is 8.93. The van der Waals surface area contributed by atoms with Gasteiger partial charge in [-0.3, -0.25) is 0 Å². The Morgan fingerprint density at radius 2 is 0.923 bits per heavy atom. The molecular weight excluding hydrogens is 158 g/mol. The van der Waals surface area contributed by atoms with Crippen molar-refractivity contribution in [2.24, 2.45) is 0 Å². The highest BCUT2D eigenvalue weighted by molar-refractivity contribution is 5.35. The van der Waals surface area contributed by atoms with E-state index in [4.69, 9.17) is 0 Å². The number of para-hydroxylation sites is 2. The van der Waals surface area contributed by atoms with Gasteiger partial charge in [-0.2, -0.15) is 0 Å². The van der Waals surface area contributed by atoms with Crippen molar-refractivity contribution in [3.63, 3.8) is 0 Å². The summed E-state index contributed by atoms with van der Waals surface area (Å²) < 4.78 is 0. The number of rotatable bonds is 2. The minimum atomic E-state index is 1.12. The number of hydrogen-bond donors (Lipinski definition) is 1. The molecule has 0 amide bonds. The Balaban J connectivity index is 2.16. The first-order valence-corrected chi connectivity index (χ1v) is 4.32. The Morgan fingerprint density at radius 3 is 1.31 bits per heavy atom. The second-order valence-corrected chi connectivity index (χ2v) is 2.86. The quantitative estimate of drug-likeness (QED) is 0.707.